The molecule has 1 unspecified atom stereocenters. The Hall–Kier alpha value is -1.82. The quantitative estimate of drug-likeness (QED) is 0.108. The van der Waals surface area contributed by atoms with Gasteiger partial charge in [0.15, 0.2) is 40.5 Å². The summed E-state index contributed by atoms with van der Waals surface area (Å²) in [6.45, 7) is 34.0. The van der Waals surface area contributed by atoms with Gasteiger partial charge in [0.2, 0.25) is 0 Å². The van der Waals surface area contributed by atoms with E-state index >= 15 is 0 Å². The van der Waals surface area contributed by atoms with Gasteiger partial charge in [0.05, 0.1) is 60.2 Å². The number of hydrogen-bond acceptors (Lipinski definition) is 15. The summed E-state index contributed by atoms with van der Waals surface area (Å²) in [6.07, 6.45) is -5.65. The van der Waals surface area contributed by atoms with Crippen molar-refractivity contribution in [2.75, 3.05) is 20.7 Å². The first-order chi connectivity index (χ1) is 29.2. The number of ether oxygens (including phenoxy) is 7. The summed E-state index contributed by atoms with van der Waals surface area (Å²) in [6, 6.07) is -0.0903. The van der Waals surface area contributed by atoms with Gasteiger partial charge in [-0.3, -0.25) is 14.9 Å². The lowest BCUT2D eigenvalue weighted by Gasteiger charge is -2.51. The van der Waals surface area contributed by atoms with Crippen molar-refractivity contribution in [1.29, 1.82) is 0 Å². The number of rotatable bonds is 13. The maximum Gasteiger partial charge on any atom is 0.410 e. The number of aliphatic hydroxyl groups is 2. The summed E-state index contributed by atoms with van der Waals surface area (Å²) < 4.78 is 59.8. The Balaban J connectivity index is 1.97. The van der Waals surface area contributed by atoms with E-state index in [1.807, 2.05) is 61.4 Å². The van der Waals surface area contributed by atoms with Gasteiger partial charge in [-0.1, -0.05) is 33.8 Å². The van der Waals surface area contributed by atoms with Crippen LogP contribution in [0.15, 0.2) is 12.7 Å². The number of fused-ring (bicyclic) bond motifs is 1. The molecule has 0 aromatic heterocycles. The minimum Gasteiger partial charge on any atom is -0.458 e. The number of carbonyl (C=O) groups excluding carboxylic acids is 3. The molecule has 18 atom stereocenters. The Morgan fingerprint density at radius 3 is 2.02 bits per heavy atom. The highest BCUT2D eigenvalue weighted by atomic mass is 28.4. The largest absolute Gasteiger partial charge is 0.458 e. The zero-order chi connectivity index (χ0) is 48.7. The van der Waals surface area contributed by atoms with E-state index in [4.69, 9.17) is 42.0 Å². The molecule has 4 aliphatic heterocycles. The number of nitrogens with one attached hydrogen (secondary N) is 1. The summed E-state index contributed by atoms with van der Waals surface area (Å²) in [5, 5.41) is 26.9. The Labute approximate surface area is 385 Å². The SMILES string of the molecule is C=CCO[C@]1(C)C[C@@H](C)C(=O)[C@H](C)C2(O)NC(=O)O[C@]2(C)[C@@H](CC)OC(=O)[C@H](C)[C@@H](O[C@H]2C[C@](C)(O)[C@@H](O[Si](C)(C)C)[C@H](C)O2)[C@H](C)[C@H]1O[C@@H]1O[C@H](C)C[C@H](N(C)C)[C@H]1O[Si](C)(C)C. The molecule has 4 fully saturated rings. The molecule has 1 amide bonds. The van der Waals surface area contributed by atoms with Gasteiger partial charge < -0.3 is 57.1 Å². The van der Waals surface area contributed by atoms with Crippen molar-refractivity contribution < 1.29 is 66.6 Å². The van der Waals surface area contributed by atoms with Crippen LogP contribution in [0, 0.1) is 23.7 Å². The number of esters is 1. The van der Waals surface area contributed by atoms with Crippen molar-refractivity contribution in [2.45, 2.75) is 218 Å². The number of Topliss-reactive ketones (excluding diaryl/α,β-unsaturated/α-hetero) is 1. The van der Waals surface area contributed by atoms with Crippen molar-refractivity contribution in [3.63, 3.8) is 0 Å². The van der Waals surface area contributed by atoms with Crippen molar-refractivity contribution in [1.82, 2.24) is 10.2 Å². The molecular formula is C46H84N2O14Si2. The predicted molar refractivity (Wildman–Crippen MR) is 246 cm³/mol. The van der Waals surface area contributed by atoms with Crippen LogP contribution in [-0.2, 0) is 51.6 Å². The average Bonchev–Trinajstić information content (AvgIpc) is 3.41. The first kappa shape index (κ1) is 54.8. The van der Waals surface area contributed by atoms with E-state index in [9.17, 15) is 24.6 Å². The van der Waals surface area contributed by atoms with Gasteiger partial charge in [-0.25, -0.2) is 4.79 Å². The molecule has 0 spiro atoms. The number of alkyl carbamates (subject to hydrolysis) is 1. The van der Waals surface area contributed by atoms with Gasteiger partial charge in [-0.15, -0.1) is 6.58 Å². The van der Waals surface area contributed by atoms with Crippen LogP contribution in [0.1, 0.15) is 94.9 Å². The maximum absolute atomic E-state index is 14.8. The first-order valence-corrected chi connectivity index (χ1v) is 30.1. The maximum atomic E-state index is 14.8. The van der Waals surface area contributed by atoms with Crippen molar-refractivity contribution in [3.05, 3.63) is 12.7 Å². The van der Waals surface area contributed by atoms with Gasteiger partial charge in [-0.2, -0.15) is 0 Å². The molecule has 0 saturated carbocycles. The van der Waals surface area contributed by atoms with Crippen molar-refractivity contribution in [2.24, 2.45) is 23.7 Å². The highest BCUT2D eigenvalue weighted by Gasteiger charge is 2.67. The van der Waals surface area contributed by atoms with Gasteiger partial charge in [-0.05, 0) is 114 Å². The van der Waals surface area contributed by atoms with E-state index < -0.39 is 130 Å². The Morgan fingerprint density at radius 2 is 1.48 bits per heavy atom. The molecule has 4 saturated heterocycles. The molecule has 0 aliphatic carbocycles. The molecule has 0 aromatic carbocycles. The number of amides is 1. The Morgan fingerprint density at radius 1 is 0.875 bits per heavy atom. The van der Waals surface area contributed by atoms with E-state index in [0.29, 0.717) is 6.42 Å². The van der Waals surface area contributed by atoms with Crippen molar-refractivity contribution in [3.8, 4) is 0 Å². The second-order valence-electron chi connectivity index (χ2n) is 21.9. The smallest absolute Gasteiger partial charge is 0.410 e. The number of ketones is 1. The minimum atomic E-state index is -2.28. The van der Waals surface area contributed by atoms with E-state index in [0.717, 1.165) is 0 Å². The molecule has 0 bridgehead atoms. The monoisotopic (exact) mass is 945 g/mol. The number of nitrogens with zero attached hydrogens (tertiary/aromatic N) is 1. The third-order valence-electron chi connectivity index (χ3n) is 13.6. The predicted octanol–water partition coefficient (Wildman–Crippen LogP) is 6.14. The normalized spacial score (nSPS) is 44.4. The van der Waals surface area contributed by atoms with Gasteiger partial charge >= 0.3 is 12.1 Å². The van der Waals surface area contributed by atoms with Gasteiger partial charge in [0, 0.05) is 24.3 Å². The zero-order valence-corrected chi connectivity index (χ0v) is 44.1. The standard InChI is InChI=1S/C46H84N2O14Si2/c1-20-22-54-44(10)24-26(3)35(49)30(7)46(53)45(11,60-42(51)47-46)33(21-2)57-40(50)29(6)36(58-34-25-43(9,52)39(31(8)56-34)62-64(17,18)19)28(5)38(44)59-41-37(61-63(14,15)16)32(48(12)13)23-27(4)55-41/h20,26-34,36-39,41,52-53H,1,21-25H2,2-19H3,(H,47,51)/t26-,27-,28+,29-,30+,31+,32+,33-,34+,36+,37-,38-,39+,41+,43+,44-,45-,46?/m1/s1. The minimum absolute atomic E-state index is 0.0147. The highest BCUT2D eigenvalue weighted by Crippen LogP contribution is 2.46. The third-order valence-corrected chi connectivity index (χ3v) is 15.6. The summed E-state index contributed by atoms with van der Waals surface area (Å²) in [7, 11) is -0.358. The van der Waals surface area contributed by atoms with E-state index in [1.165, 1.54) is 13.8 Å². The molecule has 16 nitrogen and oxygen atoms in total. The fourth-order valence-corrected chi connectivity index (χ4v) is 12.7. The molecule has 4 heterocycles. The topological polar surface area (TPSA) is 190 Å². The summed E-state index contributed by atoms with van der Waals surface area (Å²) in [5.74, 6) is -4.95. The Bertz CT molecular complexity index is 1640. The third kappa shape index (κ3) is 12.1. The molecule has 370 valence electrons. The Kier molecular flexibility index (Phi) is 17.5. The molecule has 18 heteroatoms. The van der Waals surface area contributed by atoms with Crippen LogP contribution in [0.4, 0.5) is 4.79 Å². The van der Waals surface area contributed by atoms with Gasteiger partial charge in [0.25, 0.3) is 0 Å². The summed E-state index contributed by atoms with van der Waals surface area (Å²) in [4.78, 5) is 44.8. The lowest BCUT2D eigenvalue weighted by atomic mass is 9.71. The van der Waals surface area contributed by atoms with Crippen LogP contribution < -0.4 is 5.32 Å². The number of hydrogen-bond donors (Lipinski definition) is 3. The van der Waals surface area contributed by atoms with Crippen LogP contribution in [-0.4, -0.2) is 154 Å². The van der Waals surface area contributed by atoms with E-state index in [-0.39, 0.29) is 38.0 Å². The second kappa shape index (κ2) is 20.4. The van der Waals surface area contributed by atoms with E-state index in [2.05, 4.69) is 36.4 Å². The van der Waals surface area contributed by atoms with Crippen LogP contribution in [0.5, 0.6) is 0 Å². The number of carbonyl (C=O) groups is 3. The molecule has 4 rings (SSSR count). The lowest BCUT2D eigenvalue weighted by molar-refractivity contribution is -0.316. The fraction of sp³-hybridized carbons (Fsp3) is 0.891. The molecule has 0 aromatic rings. The van der Waals surface area contributed by atoms with Crippen LogP contribution in [0.2, 0.25) is 39.3 Å². The molecule has 3 N–H and O–H groups in total. The molecule has 0 radical (unpaired) electrons. The zero-order valence-electron chi connectivity index (χ0n) is 42.1. The first-order valence-electron chi connectivity index (χ1n) is 23.3. The van der Waals surface area contributed by atoms with Gasteiger partial charge in [0.1, 0.15) is 18.0 Å². The fourth-order valence-electron chi connectivity index (χ4n) is 10.4. The second-order valence-corrected chi connectivity index (χ2v) is 30.8. The molecule has 4 aliphatic rings. The summed E-state index contributed by atoms with van der Waals surface area (Å²) in [5.41, 5.74) is -6.86. The van der Waals surface area contributed by atoms with Crippen LogP contribution in [0.25, 0.3) is 0 Å². The van der Waals surface area contributed by atoms with Crippen LogP contribution >= 0.6 is 0 Å². The van der Waals surface area contributed by atoms with E-state index in [1.54, 1.807) is 33.8 Å². The van der Waals surface area contributed by atoms with Crippen molar-refractivity contribution >= 4 is 34.5 Å². The lowest BCUT2D eigenvalue weighted by Crippen LogP contribution is -2.67. The average molecular weight is 945 g/mol. The van der Waals surface area contributed by atoms with Crippen LogP contribution in [0.3, 0.4) is 0 Å². The molecule has 64 heavy (non-hydrogen) atoms. The molecular weight excluding hydrogens is 861 g/mol. The number of likely N-dealkylation sites (N-methyl/N-ethyl adjacent to an activating group) is 1. The summed E-state index contributed by atoms with van der Waals surface area (Å²) >= 11 is 0. The number of cyclic esters (lactones) is 1. The highest BCUT2D eigenvalue weighted by molar-refractivity contribution is 6.70.